The summed E-state index contributed by atoms with van der Waals surface area (Å²) in [5.74, 6) is -1.27. The Bertz CT molecular complexity index is 345. The second-order valence-corrected chi connectivity index (χ2v) is 4.47. The van der Waals surface area contributed by atoms with Crippen molar-refractivity contribution in [3.05, 3.63) is 21.9 Å². The van der Waals surface area contributed by atoms with Crippen LogP contribution >= 0.6 is 11.3 Å². The monoisotopic (exact) mass is 212 g/mol. The van der Waals surface area contributed by atoms with Crippen molar-refractivity contribution in [1.82, 2.24) is 0 Å². The lowest BCUT2D eigenvalue weighted by Crippen LogP contribution is -2.25. The SMILES string of the molecule is CC(C(=O)O)C1OCCc2sccc21. The summed E-state index contributed by atoms with van der Waals surface area (Å²) in [7, 11) is 0. The predicted octanol–water partition coefficient (Wildman–Crippen LogP) is 2.08. The summed E-state index contributed by atoms with van der Waals surface area (Å²) in [6.07, 6.45) is 0.651. The first-order valence-electron chi connectivity index (χ1n) is 4.61. The summed E-state index contributed by atoms with van der Waals surface area (Å²) in [5, 5.41) is 10.9. The van der Waals surface area contributed by atoms with Crippen molar-refractivity contribution < 1.29 is 14.6 Å². The van der Waals surface area contributed by atoms with E-state index in [1.54, 1.807) is 18.3 Å². The first kappa shape index (κ1) is 9.68. The van der Waals surface area contributed by atoms with E-state index in [0.29, 0.717) is 6.61 Å². The maximum absolute atomic E-state index is 10.9. The van der Waals surface area contributed by atoms with Crippen LogP contribution in [0.15, 0.2) is 11.4 Å². The van der Waals surface area contributed by atoms with Crippen LogP contribution < -0.4 is 0 Å². The van der Waals surface area contributed by atoms with E-state index in [1.807, 2.05) is 11.4 Å². The van der Waals surface area contributed by atoms with E-state index in [1.165, 1.54) is 4.88 Å². The molecule has 4 heteroatoms. The molecule has 1 aromatic rings. The zero-order valence-electron chi connectivity index (χ0n) is 7.90. The molecule has 1 N–H and O–H groups in total. The summed E-state index contributed by atoms with van der Waals surface area (Å²) in [6.45, 7) is 2.33. The Kier molecular flexibility index (Phi) is 2.56. The van der Waals surface area contributed by atoms with Gasteiger partial charge in [-0.2, -0.15) is 0 Å². The van der Waals surface area contributed by atoms with Crippen LogP contribution in [0.4, 0.5) is 0 Å². The maximum Gasteiger partial charge on any atom is 0.309 e. The first-order chi connectivity index (χ1) is 6.70. The zero-order chi connectivity index (χ0) is 10.1. The summed E-state index contributed by atoms with van der Waals surface area (Å²) in [6, 6.07) is 1.98. The van der Waals surface area contributed by atoms with Crippen molar-refractivity contribution in [2.75, 3.05) is 6.61 Å². The average molecular weight is 212 g/mol. The van der Waals surface area contributed by atoms with Gasteiger partial charge in [-0.3, -0.25) is 4.79 Å². The molecule has 0 saturated carbocycles. The third-order valence-corrected chi connectivity index (χ3v) is 3.55. The molecule has 14 heavy (non-hydrogen) atoms. The third kappa shape index (κ3) is 1.55. The standard InChI is InChI=1S/C10H12O3S/c1-6(10(11)12)9-7-3-5-14-8(7)2-4-13-9/h3,5-6,9H,2,4H2,1H3,(H,11,12). The number of hydrogen-bond donors (Lipinski definition) is 1. The quantitative estimate of drug-likeness (QED) is 0.816. The molecule has 2 atom stereocenters. The number of carboxylic acid groups (broad SMARTS) is 1. The fourth-order valence-corrected chi connectivity index (χ4v) is 2.62. The molecule has 0 amide bonds. The van der Waals surface area contributed by atoms with E-state index < -0.39 is 11.9 Å². The molecular formula is C10H12O3S. The number of hydrogen-bond acceptors (Lipinski definition) is 3. The second kappa shape index (κ2) is 3.71. The van der Waals surface area contributed by atoms with Crippen LogP contribution in [0.2, 0.25) is 0 Å². The predicted molar refractivity (Wildman–Crippen MR) is 53.5 cm³/mol. The molecule has 1 aromatic heterocycles. The highest BCUT2D eigenvalue weighted by molar-refractivity contribution is 7.10. The zero-order valence-corrected chi connectivity index (χ0v) is 8.71. The van der Waals surface area contributed by atoms with Gasteiger partial charge in [0.15, 0.2) is 0 Å². The van der Waals surface area contributed by atoms with E-state index >= 15 is 0 Å². The largest absolute Gasteiger partial charge is 0.481 e. The van der Waals surface area contributed by atoms with E-state index in [-0.39, 0.29) is 6.10 Å². The number of carboxylic acids is 1. The van der Waals surface area contributed by atoms with Gasteiger partial charge in [0.1, 0.15) is 0 Å². The molecule has 0 bridgehead atoms. The Hall–Kier alpha value is -0.870. The minimum atomic E-state index is -0.797. The number of fused-ring (bicyclic) bond motifs is 1. The van der Waals surface area contributed by atoms with Gasteiger partial charge in [0, 0.05) is 11.3 Å². The van der Waals surface area contributed by atoms with E-state index in [0.717, 1.165) is 12.0 Å². The van der Waals surface area contributed by atoms with Crippen LogP contribution in [0, 0.1) is 5.92 Å². The fraction of sp³-hybridized carbons (Fsp3) is 0.500. The third-order valence-electron chi connectivity index (χ3n) is 2.56. The highest BCUT2D eigenvalue weighted by atomic mass is 32.1. The van der Waals surface area contributed by atoms with Crippen LogP contribution in [-0.2, 0) is 16.0 Å². The molecule has 76 valence electrons. The van der Waals surface area contributed by atoms with Gasteiger partial charge in [-0.1, -0.05) is 0 Å². The van der Waals surface area contributed by atoms with Crippen LogP contribution in [0.3, 0.4) is 0 Å². The van der Waals surface area contributed by atoms with Gasteiger partial charge >= 0.3 is 5.97 Å². The Morgan fingerprint density at radius 3 is 3.29 bits per heavy atom. The van der Waals surface area contributed by atoms with Crippen molar-refractivity contribution >= 4 is 17.3 Å². The normalized spacial score (nSPS) is 22.8. The maximum atomic E-state index is 10.9. The number of carbonyl (C=O) groups is 1. The van der Waals surface area contributed by atoms with Crippen LogP contribution in [-0.4, -0.2) is 17.7 Å². The van der Waals surface area contributed by atoms with E-state index in [4.69, 9.17) is 9.84 Å². The second-order valence-electron chi connectivity index (χ2n) is 3.47. The molecule has 2 rings (SSSR count). The summed E-state index contributed by atoms with van der Waals surface area (Å²) in [4.78, 5) is 12.1. The Labute approximate surface area is 86.3 Å². The lowest BCUT2D eigenvalue weighted by molar-refractivity contribution is -0.147. The van der Waals surface area contributed by atoms with Crippen LogP contribution in [0.1, 0.15) is 23.5 Å². The average Bonchev–Trinajstić information content (AvgIpc) is 2.63. The fourth-order valence-electron chi connectivity index (χ4n) is 1.72. The molecule has 0 saturated heterocycles. The van der Waals surface area contributed by atoms with Gasteiger partial charge in [-0.25, -0.2) is 0 Å². The first-order valence-corrected chi connectivity index (χ1v) is 5.49. The minimum Gasteiger partial charge on any atom is -0.481 e. The van der Waals surface area contributed by atoms with Crippen molar-refractivity contribution in [2.45, 2.75) is 19.4 Å². The van der Waals surface area contributed by atoms with Crippen LogP contribution in [0.25, 0.3) is 0 Å². The Morgan fingerprint density at radius 2 is 2.57 bits per heavy atom. The highest BCUT2D eigenvalue weighted by Gasteiger charge is 2.30. The minimum absolute atomic E-state index is 0.262. The molecule has 1 aliphatic rings. The molecule has 0 aliphatic carbocycles. The topological polar surface area (TPSA) is 46.5 Å². The van der Waals surface area contributed by atoms with Gasteiger partial charge in [0.2, 0.25) is 0 Å². The summed E-state index contributed by atoms with van der Waals surface area (Å²) < 4.78 is 5.51. The van der Waals surface area contributed by atoms with Crippen molar-refractivity contribution in [1.29, 1.82) is 0 Å². The highest BCUT2D eigenvalue weighted by Crippen LogP contribution is 2.35. The lowest BCUT2D eigenvalue weighted by atomic mass is 9.95. The van der Waals surface area contributed by atoms with Crippen molar-refractivity contribution in [3.63, 3.8) is 0 Å². The van der Waals surface area contributed by atoms with Gasteiger partial charge in [-0.05, 0) is 23.9 Å². The number of rotatable bonds is 2. The van der Waals surface area contributed by atoms with Crippen molar-refractivity contribution in [2.24, 2.45) is 5.92 Å². The van der Waals surface area contributed by atoms with Gasteiger partial charge in [-0.15, -0.1) is 11.3 Å². The number of aliphatic carboxylic acids is 1. The Balaban J connectivity index is 2.28. The molecule has 2 heterocycles. The molecule has 0 aromatic carbocycles. The summed E-state index contributed by atoms with van der Waals surface area (Å²) >= 11 is 1.69. The van der Waals surface area contributed by atoms with Gasteiger partial charge in [0.25, 0.3) is 0 Å². The van der Waals surface area contributed by atoms with Crippen LogP contribution in [0.5, 0.6) is 0 Å². The smallest absolute Gasteiger partial charge is 0.309 e. The van der Waals surface area contributed by atoms with E-state index in [2.05, 4.69) is 0 Å². The molecule has 0 spiro atoms. The van der Waals surface area contributed by atoms with Gasteiger partial charge < -0.3 is 9.84 Å². The molecular weight excluding hydrogens is 200 g/mol. The molecule has 2 unspecified atom stereocenters. The summed E-state index contributed by atoms with van der Waals surface area (Å²) in [5.41, 5.74) is 1.07. The molecule has 1 aliphatic heterocycles. The van der Waals surface area contributed by atoms with Gasteiger partial charge in [0.05, 0.1) is 18.6 Å². The molecule has 0 radical (unpaired) electrons. The number of ether oxygens (including phenoxy) is 1. The molecule has 0 fully saturated rings. The number of thiophene rings is 1. The van der Waals surface area contributed by atoms with Crippen molar-refractivity contribution in [3.8, 4) is 0 Å². The van der Waals surface area contributed by atoms with E-state index in [9.17, 15) is 4.79 Å². The lowest BCUT2D eigenvalue weighted by Gasteiger charge is -2.26. The Morgan fingerprint density at radius 1 is 1.79 bits per heavy atom. The molecule has 3 nitrogen and oxygen atoms in total.